The Morgan fingerprint density at radius 1 is 1.20 bits per heavy atom. The fourth-order valence-corrected chi connectivity index (χ4v) is 2.33. The van der Waals surface area contributed by atoms with E-state index in [4.69, 9.17) is 0 Å². The van der Waals surface area contributed by atoms with Gasteiger partial charge in [-0.05, 0) is 37.7 Å². The van der Waals surface area contributed by atoms with E-state index in [-0.39, 0.29) is 5.82 Å². The van der Waals surface area contributed by atoms with Crippen LogP contribution in [0.2, 0.25) is 0 Å². The molecule has 3 nitrogen and oxygen atoms in total. The number of hydrogen-bond acceptors (Lipinski definition) is 3. The summed E-state index contributed by atoms with van der Waals surface area (Å²) in [5.74, 6) is -0.201. The van der Waals surface area contributed by atoms with Gasteiger partial charge in [-0.3, -0.25) is 4.98 Å². The maximum absolute atomic E-state index is 14.1. The standard InChI is InChI=1S/C16H20FN3/c1-12-6-4-8-14(19-12)11-20(3)16-13(10-18-2)7-5-9-15(16)17/h4-9,18H,10-11H2,1-3H3. The molecule has 0 atom stereocenters. The van der Waals surface area contributed by atoms with E-state index in [1.807, 2.05) is 50.2 Å². The van der Waals surface area contributed by atoms with Crippen LogP contribution in [0.25, 0.3) is 0 Å². The van der Waals surface area contributed by atoms with Crippen molar-refractivity contribution in [2.45, 2.75) is 20.0 Å². The predicted octanol–water partition coefficient (Wildman–Crippen LogP) is 2.88. The number of pyridine rings is 1. The van der Waals surface area contributed by atoms with Gasteiger partial charge in [0.1, 0.15) is 5.82 Å². The van der Waals surface area contributed by atoms with E-state index in [1.54, 1.807) is 6.07 Å². The van der Waals surface area contributed by atoms with Crippen LogP contribution in [0.5, 0.6) is 0 Å². The molecule has 1 N–H and O–H groups in total. The smallest absolute Gasteiger partial charge is 0.146 e. The fraction of sp³-hybridized carbons (Fsp3) is 0.312. The summed E-state index contributed by atoms with van der Waals surface area (Å²) in [7, 11) is 3.75. The monoisotopic (exact) mass is 273 g/mol. The van der Waals surface area contributed by atoms with Crippen molar-refractivity contribution in [2.75, 3.05) is 19.0 Å². The van der Waals surface area contributed by atoms with Crippen LogP contribution < -0.4 is 10.2 Å². The molecule has 0 saturated carbocycles. The first-order valence-electron chi connectivity index (χ1n) is 6.67. The molecule has 0 bridgehead atoms. The summed E-state index contributed by atoms with van der Waals surface area (Å²) in [5, 5.41) is 3.07. The van der Waals surface area contributed by atoms with Crippen molar-refractivity contribution >= 4 is 5.69 Å². The molecular formula is C16H20FN3. The van der Waals surface area contributed by atoms with E-state index in [0.29, 0.717) is 18.8 Å². The predicted molar refractivity (Wildman–Crippen MR) is 80.2 cm³/mol. The van der Waals surface area contributed by atoms with Crippen LogP contribution >= 0.6 is 0 Å². The largest absolute Gasteiger partial charge is 0.366 e. The molecule has 1 heterocycles. The second-order valence-electron chi connectivity index (χ2n) is 4.90. The Labute approximate surface area is 119 Å². The van der Waals surface area contributed by atoms with Gasteiger partial charge in [-0.1, -0.05) is 18.2 Å². The number of aromatic nitrogens is 1. The molecule has 0 aliphatic carbocycles. The van der Waals surface area contributed by atoms with Crippen molar-refractivity contribution in [1.29, 1.82) is 0 Å². The summed E-state index contributed by atoms with van der Waals surface area (Å²) in [5.41, 5.74) is 3.49. The van der Waals surface area contributed by atoms with Gasteiger partial charge in [0, 0.05) is 19.3 Å². The molecule has 0 saturated heterocycles. The molecule has 4 heteroatoms. The molecule has 0 aliphatic heterocycles. The van der Waals surface area contributed by atoms with Crippen molar-refractivity contribution in [1.82, 2.24) is 10.3 Å². The summed E-state index contributed by atoms with van der Waals surface area (Å²) in [4.78, 5) is 6.37. The van der Waals surface area contributed by atoms with E-state index in [9.17, 15) is 4.39 Å². The van der Waals surface area contributed by atoms with Crippen molar-refractivity contribution < 1.29 is 4.39 Å². The Morgan fingerprint density at radius 2 is 1.95 bits per heavy atom. The summed E-state index contributed by atoms with van der Waals surface area (Å²) >= 11 is 0. The van der Waals surface area contributed by atoms with E-state index in [1.165, 1.54) is 6.07 Å². The molecule has 1 aromatic heterocycles. The summed E-state index contributed by atoms with van der Waals surface area (Å²) in [6.07, 6.45) is 0. The number of nitrogens with one attached hydrogen (secondary N) is 1. The zero-order chi connectivity index (χ0) is 14.5. The highest BCUT2D eigenvalue weighted by atomic mass is 19.1. The van der Waals surface area contributed by atoms with Gasteiger partial charge < -0.3 is 10.2 Å². The van der Waals surface area contributed by atoms with E-state index < -0.39 is 0 Å². The molecule has 20 heavy (non-hydrogen) atoms. The normalized spacial score (nSPS) is 10.6. The maximum atomic E-state index is 14.1. The molecule has 0 aliphatic rings. The first kappa shape index (κ1) is 14.5. The third-order valence-electron chi connectivity index (χ3n) is 3.16. The average molecular weight is 273 g/mol. The highest BCUT2D eigenvalue weighted by Crippen LogP contribution is 2.24. The minimum absolute atomic E-state index is 0.201. The third-order valence-corrected chi connectivity index (χ3v) is 3.16. The number of nitrogens with zero attached hydrogens (tertiary/aromatic N) is 2. The second kappa shape index (κ2) is 6.48. The zero-order valence-electron chi connectivity index (χ0n) is 12.2. The highest BCUT2D eigenvalue weighted by Gasteiger charge is 2.13. The molecule has 0 unspecified atom stereocenters. The Kier molecular flexibility index (Phi) is 4.69. The molecule has 2 aromatic rings. The van der Waals surface area contributed by atoms with Gasteiger partial charge in [-0.25, -0.2) is 4.39 Å². The highest BCUT2D eigenvalue weighted by molar-refractivity contribution is 5.54. The second-order valence-corrected chi connectivity index (χ2v) is 4.90. The van der Waals surface area contributed by atoms with Crippen molar-refractivity contribution in [3.8, 4) is 0 Å². The lowest BCUT2D eigenvalue weighted by Gasteiger charge is -2.23. The van der Waals surface area contributed by atoms with Crippen LogP contribution in [-0.2, 0) is 13.1 Å². The number of rotatable bonds is 5. The SMILES string of the molecule is CNCc1cccc(F)c1N(C)Cc1cccc(C)n1. The number of anilines is 1. The van der Waals surface area contributed by atoms with Crippen LogP contribution in [0, 0.1) is 12.7 Å². The number of benzene rings is 1. The van der Waals surface area contributed by atoms with Gasteiger partial charge in [-0.2, -0.15) is 0 Å². The van der Waals surface area contributed by atoms with E-state index in [2.05, 4.69) is 10.3 Å². The molecule has 0 fully saturated rings. The molecule has 0 spiro atoms. The summed E-state index contributed by atoms with van der Waals surface area (Å²) in [6, 6.07) is 11.1. The minimum atomic E-state index is -0.201. The van der Waals surface area contributed by atoms with Gasteiger partial charge in [0.15, 0.2) is 0 Å². The average Bonchev–Trinajstić information content (AvgIpc) is 2.39. The Balaban J connectivity index is 2.26. The third kappa shape index (κ3) is 3.33. The van der Waals surface area contributed by atoms with Gasteiger partial charge in [0.2, 0.25) is 0 Å². The first-order chi connectivity index (χ1) is 9.61. The maximum Gasteiger partial charge on any atom is 0.146 e. The topological polar surface area (TPSA) is 28.2 Å². The van der Waals surface area contributed by atoms with Crippen molar-refractivity contribution in [3.63, 3.8) is 0 Å². The number of aryl methyl sites for hydroxylation is 1. The van der Waals surface area contributed by atoms with Crippen molar-refractivity contribution in [3.05, 3.63) is 59.2 Å². The molecule has 0 amide bonds. The molecule has 1 aromatic carbocycles. The van der Waals surface area contributed by atoms with Crippen LogP contribution in [-0.4, -0.2) is 19.1 Å². The molecular weight excluding hydrogens is 253 g/mol. The van der Waals surface area contributed by atoms with Gasteiger partial charge in [-0.15, -0.1) is 0 Å². The lowest BCUT2D eigenvalue weighted by molar-refractivity contribution is 0.617. The molecule has 2 rings (SSSR count). The number of halogens is 1. The van der Waals surface area contributed by atoms with Crippen LogP contribution in [0.3, 0.4) is 0 Å². The Hall–Kier alpha value is -1.94. The number of para-hydroxylation sites is 1. The Bertz CT molecular complexity index is 584. The number of hydrogen-bond donors (Lipinski definition) is 1. The van der Waals surface area contributed by atoms with E-state index >= 15 is 0 Å². The van der Waals surface area contributed by atoms with Crippen molar-refractivity contribution in [2.24, 2.45) is 0 Å². The molecule has 0 radical (unpaired) electrons. The first-order valence-corrected chi connectivity index (χ1v) is 6.67. The lowest BCUT2D eigenvalue weighted by atomic mass is 10.1. The fourth-order valence-electron chi connectivity index (χ4n) is 2.33. The van der Waals surface area contributed by atoms with Crippen LogP contribution in [0.15, 0.2) is 36.4 Å². The minimum Gasteiger partial charge on any atom is -0.366 e. The van der Waals surface area contributed by atoms with Crippen LogP contribution in [0.4, 0.5) is 10.1 Å². The lowest BCUT2D eigenvalue weighted by Crippen LogP contribution is -2.21. The van der Waals surface area contributed by atoms with E-state index in [0.717, 1.165) is 17.0 Å². The van der Waals surface area contributed by atoms with Gasteiger partial charge >= 0.3 is 0 Å². The summed E-state index contributed by atoms with van der Waals surface area (Å²) < 4.78 is 14.1. The summed E-state index contributed by atoms with van der Waals surface area (Å²) in [6.45, 7) is 3.18. The van der Waals surface area contributed by atoms with Gasteiger partial charge in [0.25, 0.3) is 0 Å². The van der Waals surface area contributed by atoms with Gasteiger partial charge in [0.05, 0.1) is 17.9 Å². The van der Waals surface area contributed by atoms with Crippen LogP contribution in [0.1, 0.15) is 17.0 Å². The quantitative estimate of drug-likeness (QED) is 0.908. The molecule has 106 valence electrons. The zero-order valence-corrected chi connectivity index (χ0v) is 12.2. The Morgan fingerprint density at radius 3 is 2.65 bits per heavy atom.